The number of nitrogens with zero attached hydrogens (tertiary/aromatic N) is 2. The molecule has 5 rings (SSSR count). The van der Waals surface area contributed by atoms with Gasteiger partial charge in [0, 0.05) is 30.4 Å². The SMILES string of the molecule is O=CC1CN(Cc2ccc(OC3CCNCC3)cc2)c2ccc(C(=O)O)cc2CN1C(=O)C1C=CC(Cl)=CC1. The predicted octanol–water partition coefficient (Wildman–Crippen LogP) is 4.13. The molecule has 2 N–H and O–H groups in total. The minimum atomic E-state index is -1.04. The maximum atomic E-state index is 13.6. The molecule has 1 fully saturated rings. The maximum Gasteiger partial charge on any atom is 0.335 e. The van der Waals surface area contributed by atoms with E-state index in [-0.39, 0.29) is 30.7 Å². The summed E-state index contributed by atoms with van der Waals surface area (Å²) in [5, 5.41) is 13.5. The van der Waals surface area contributed by atoms with Crippen LogP contribution in [0.15, 0.2) is 65.7 Å². The number of allylic oxidation sites excluding steroid dienone is 3. The van der Waals surface area contributed by atoms with Crippen molar-refractivity contribution < 1.29 is 24.2 Å². The lowest BCUT2D eigenvalue weighted by Crippen LogP contribution is -2.47. The van der Waals surface area contributed by atoms with Crippen LogP contribution in [0, 0.1) is 5.92 Å². The number of nitrogens with one attached hydrogen (secondary N) is 1. The molecule has 0 spiro atoms. The van der Waals surface area contributed by atoms with Gasteiger partial charge in [-0.15, -0.1) is 0 Å². The van der Waals surface area contributed by atoms with Crippen molar-refractivity contribution in [2.24, 2.45) is 5.92 Å². The van der Waals surface area contributed by atoms with E-state index >= 15 is 0 Å². The largest absolute Gasteiger partial charge is 0.490 e. The van der Waals surface area contributed by atoms with Gasteiger partial charge >= 0.3 is 5.97 Å². The van der Waals surface area contributed by atoms with Gasteiger partial charge in [0.1, 0.15) is 24.2 Å². The molecule has 9 heteroatoms. The number of ether oxygens (including phenoxy) is 1. The number of carbonyl (C=O) groups is 3. The third-order valence-electron chi connectivity index (χ3n) is 7.51. The minimum Gasteiger partial charge on any atom is -0.490 e. The lowest BCUT2D eigenvalue weighted by Gasteiger charge is -2.31. The number of rotatable bonds is 7. The second-order valence-corrected chi connectivity index (χ2v) is 10.6. The highest BCUT2D eigenvalue weighted by Crippen LogP contribution is 2.32. The highest BCUT2D eigenvalue weighted by molar-refractivity contribution is 6.31. The van der Waals surface area contributed by atoms with Crippen molar-refractivity contribution >= 4 is 35.5 Å². The summed E-state index contributed by atoms with van der Waals surface area (Å²) in [5.41, 5.74) is 2.64. The predicted molar refractivity (Wildman–Crippen MR) is 149 cm³/mol. The Labute approximate surface area is 232 Å². The molecule has 2 heterocycles. The number of amides is 1. The van der Waals surface area contributed by atoms with Crippen LogP contribution < -0.4 is 15.0 Å². The van der Waals surface area contributed by atoms with Gasteiger partial charge in [-0.05, 0) is 79.9 Å². The summed E-state index contributed by atoms with van der Waals surface area (Å²) in [7, 11) is 0. The average molecular weight is 550 g/mol. The van der Waals surface area contributed by atoms with Crippen LogP contribution in [0.25, 0.3) is 0 Å². The van der Waals surface area contributed by atoms with Gasteiger partial charge in [0.05, 0.1) is 11.5 Å². The van der Waals surface area contributed by atoms with Crippen LogP contribution in [0.1, 0.15) is 40.7 Å². The van der Waals surface area contributed by atoms with Crippen LogP contribution >= 0.6 is 11.6 Å². The number of piperidine rings is 1. The number of carbonyl (C=O) groups excluding carboxylic acids is 2. The van der Waals surface area contributed by atoms with Crippen molar-refractivity contribution in [2.75, 3.05) is 24.5 Å². The Morgan fingerprint density at radius 3 is 2.56 bits per heavy atom. The third kappa shape index (κ3) is 6.34. The van der Waals surface area contributed by atoms with Crippen molar-refractivity contribution in [1.82, 2.24) is 10.2 Å². The van der Waals surface area contributed by atoms with Crippen LogP contribution in [-0.2, 0) is 22.7 Å². The summed E-state index contributed by atoms with van der Waals surface area (Å²) >= 11 is 6.04. The van der Waals surface area contributed by atoms with Crippen LogP contribution in [0.2, 0.25) is 0 Å². The minimum absolute atomic E-state index is 0.136. The molecule has 1 saturated heterocycles. The Balaban J connectivity index is 1.39. The average Bonchev–Trinajstić information content (AvgIpc) is 3.11. The number of anilines is 1. The molecule has 0 aromatic heterocycles. The Kier molecular flexibility index (Phi) is 8.33. The van der Waals surface area contributed by atoms with E-state index in [1.807, 2.05) is 29.2 Å². The number of hydrogen-bond donors (Lipinski definition) is 2. The highest BCUT2D eigenvalue weighted by Gasteiger charge is 2.34. The zero-order valence-corrected chi connectivity index (χ0v) is 22.3. The second-order valence-electron chi connectivity index (χ2n) is 10.2. The fraction of sp³-hybridized carbons (Fsp3) is 0.367. The molecule has 2 aromatic carbocycles. The van der Waals surface area contributed by atoms with Crippen LogP contribution in [0.3, 0.4) is 0 Å². The van der Waals surface area contributed by atoms with Crippen LogP contribution in [0.5, 0.6) is 5.75 Å². The zero-order chi connectivity index (χ0) is 27.4. The van der Waals surface area contributed by atoms with E-state index in [2.05, 4.69) is 5.32 Å². The summed E-state index contributed by atoms with van der Waals surface area (Å²) in [4.78, 5) is 41.3. The van der Waals surface area contributed by atoms with Crippen molar-refractivity contribution in [3.8, 4) is 5.75 Å². The molecule has 3 aliphatic rings. The van der Waals surface area contributed by atoms with E-state index < -0.39 is 17.9 Å². The van der Waals surface area contributed by atoms with Crippen molar-refractivity contribution in [3.05, 3.63) is 82.4 Å². The lowest BCUT2D eigenvalue weighted by atomic mass is 9.98. The number of benzene rings is 2. The molecule has 0 radical (unpaired) electrons. The summed E-state index contributed by atoms with van der Waals surface area (Å²) in [6.07, 6.45) is 8.67. The molecule has 1 amide bonds. The fourth-order valence-electron chi connectivity index (χ4n) is 5.37. The molecule has 204 valence electrons. The van der Waals surface area contributed by atoms with E-state index in [1.54, 1.807) is 41.3 Å². The molecule has 8 nitrogen and oxygen atoms in total. The molecule has 2 aromatic rings. The standard InChI is InChI=1S/C30H32ClN3O5/c31-24-6-3-21(4-7-24)29(36)34-17-23-15-22(30(37)38)5-10-28(23)33(18-25(34)19-35)16-20-1-8-26(9-2-20)39-27-11-13-32-14-12-27/h1-3,5-10,15,19,21,25,27,32H,4,11-14,16-18H2,(H,37,38). The monoisotopic (exact) mass is 549 g/mol. The van der Waals surface area contributed by atoms with Gasteiger partial charge in [-0.25, -0.2) is 4.79 Å². The lowest BCUT2D eigenvalue weighted by molar-refractivity contribution is -0.139. The highest BCUT2D eigenvalue weighted by atomic mass is 35.5. The van der Waals surface area contributed by atoms with Gasteiger partial charge in [0.25, 0.3) is 0 Å². The van der Waals surface area contributed by atoms with Crippen molar-refractivity contribution in [3.63, 3.8) is 0 Å². The van der Waals surface area contributed by atoms with Crippen LogP contribution in [0.4, 0.5) is 5.69 Å². The molecule has 1 aliphatic carbocycles. The summed E-state index contributed by atoms with van der Waals surface area (Å²) in [6.45, 7) is 2.83. The normalized spacial score (nSPS) is 21.5. The molecule has 0 saturated carbocycles. The van der Waals surface area contributed by atoms with E-state index in [0.717, 1.165) is 49.2 Å². The van der Waals surface area contributed by atoms with E-state index in [0.29, 0.717) is 23.6 Å². The molecule has 0 bridgehead atoms. The Hall–Kier alpha value is -3.62. The van der Waals surface area contributed by atoms with Gasteiger partial charge < -0.3 is 29.8 Å². The second kappa shape index (κ2) is 12.1. The van der Waals surface area contributed by atoms with E-state index in [1.165, 1.54) is 0 Å². The summed E-state index contributed by atoms with van der Waals surface area (Å²) < 4.78 is 6.13. The first-order chi connectivity index (χ1) is 18.9. The van der Waals surface area contributed by atoms with Crippen LogP contribution in [-0.4, -0.2) is 59.9 Å². The fourth-order valence-corrected chi connectivity index (χ4v) is 5.54. The van der Waals surface area contributed by atoms with Gasteiger partial charge in [0.15, 0.2) is 0 Å². The summed E-state index contributed by atoms with van der Waals surface area (Å²) in [6, 6.07) is 12.2. The van der Waals surface area contributed by atoms with Crippen molar-refractivity contribution in [1.29, 1.82) is 0 Å². The van der Waals surface area contributed by atoms with E-state index in [4.69, 9.17) is 16.3 Å². The molecule has 2 aliphatic heterocycles. The van der Waals surface area contributed by atoms with Gasteiger partial charge in [0.2, 0.25) is 5.91 Å². The Morgan fingerprint density at radius 2 is 1.90 bits per heavy atom. The molecule has 2 atom stereocenters. The van der Waals surface area contributed by atoms with Gasteiger partial charge in [-0.2, -0.15) is 0 Å². The summed E-state index contributed by atoms with van der Waals surface area (Å²) in [5.74, 6) is -0.834. The number of carboxylic acids is 1. The number of aromatic carboxylic acids is 1. The maximum absolute atomic E-state index is 13.6. The number of aldehydes is 1. The molecular formula is C30H32ClN3O5. The molecule has 39 heavy (non-hydrogen) atoms. The first-order valence-electron chi connectivity index (χ1n) is 13.3. The molecule has 2 unspecified atom stereocenters. The smallest absolute Gasteiger partial charge is 0.335 e. The number of hydrogen-bond acceptors (Lipinski definition) is 6. The zero-order valence-electron chi connectivity index (χ0n) is 21.6. The first kappa shape index (κ1) is 27.0. The van der Waals surface area contributed by atoms with Gasteiger partial charge in [-0.3, -0.25) is 4.79 Å². The number of halogens is 1. The molecular weight excluding hydrogens is 518 g/mol. The van der Waals surface area contributed by atoms with Crippen molar-refractivity contribution in [2.45, 2.75) is 44.5 Å². The Morgan fingerprint density at radius 1 is 1.13 bits per heavy atom. The third-order valence-corrected chi connectivity index (χ3v) is 7.79. The number of carboxylic acid groups (broad SMARTS) is 1. The quantitative estimate of drug-likeness (QED) is 0.501. The first-order valence-corrected chi connectivity index (χ1v) is 13.7. The number of fused-ring (bicyclic) bond motifs is 1. The Bertz CT molecular complexity index is 1290. The van der Waals surface area contributed by atoms with Gasteiger partial charge in [-0.1, -0.05) is 35.9 Å². The topological polar surface area (TPSA) is 99.2 Å². The van der Waals surface area contributed by atoms with E-state index in [9.17, 15) is 19.5 Å².